The number of aliphatic hydroxyl groups is 2. The lowest BCUT2D eigenvalue weighted by Crippen LogP contribution is -2.42. The molecule has 3 aliphatic rings. The van der Waals surface area contributed by atoms with E-state index in [4.69, 9.17) is 4.74 Å². The molecule has 0 aromatic rings. The number of rotatable bonds is 9. The fourth-order valence-corrected chi connectivity index (χ4v) is 5.06. The van der Waals surface area contributed by atoms with Gasteiger partial charge in [-0.1, -0.05) is 20.3 Å². The number of carbonyl (C=O) groups is 1. The van der Waals surface area contributed by atoms with Crippen LogP contribution >= 0.6 is 0 Å². The molecular formula is C19H34N2O4. The average Bonchev–Trinajstić information content (AvgIpc) is 3.22. The first-order valence-electron chi connectivity index (χ1n) is 9.89. The van der Waals surface area contributed by atoms with Crippen LogP contribution in [0.1, 0.15) is 46.0 Å². The van der Waals surface area contributed by atoms with Gasteiger partial charge in [-0.3, -0.25) is 9.69 Å². The lowest BCUT2D eigenvalue weighted by Gasteiger charge is -2.29. The highest BCUT2D eigenvalue weighted by molar-refractivity contribution is 5.75. The minimum absolute atomic E-state index is 0.0278. The Morgan fingerprint density at radius 2 is 2.12 bits per heavy atom. The SMILES string of the molecule is CC(C)CCCC(=O)NC[C@H]1[C@H]2CN(C(CO)CO)C[C@]23CC[C@H]1O3. The topological polar surface area (TPSA) is 82.0 Å². The number of carbonyl (C=O) groups excluding carboxylic acids is 1. The molecule has 2 bridgehead atoms. The van der Waals surface area contributed by atoms with Crippen molar-refractivity contribution in [3.8, 4) is 0 Å². The van der Waals surface area contributed by atoms with Crippen LogP contribution in [0.2, 0.25) is 0 Å². The number of amides is 1. The Balaban J connectivity index is 1.52. The van der Waals surface area contributed by atoms with Gasteiger partial charge in [-0.05, 0) is 25.2 Å². The minimum Gasteiger partial charge on any atom is -0.395 e. The molecule has 3 aliphatic heterocycles. The summed E-state index contributed by atoms with van der Waals surface area (Å²) in [5, 5.41) is 22.1. The molecule has 1 amide bonds. The number of nitrogens with zero attached hydrogens (tertiary/aromatic N) is 1. The molecule has 3 N–H and O–H groups in total. The van der Waals surface area contributed by atoms with Crippen LogP contribution in [0.4, 0.5) is 0 Å². The van der Waals surface area contributed by atoms with Gasteiger partial charge in [-0.25, -0.2) is 0 Å². The average molecular weight is 354 g/mol. The van der Waals surface area contributed by atoms with Crippen LogP contribution in [0.5, 0.6) is 0 Å². The molecule has 0 aromatic carbocycles. The fourth-order valence-electron chi connectivity index (χ4n) is 5.06. The number of aliphatic hydroxyl groups excluding tert-OH is 2. The highest BCUT2D eigenvalue weighted by Crippen LogP contribution is 2.54. The van der Waals surface area contributed by atoms with Crippen LogP contribution in [0.15, 0.2) is 0 Å². The zero-order valence-corrected chi connectivity index (χ0v) is 15.6. The van der Waals surface area contributed by atoms with Crippen LogP contribution < -0.4 is 5.32 Å². The molecule has 0 unspecified atom stereocenters. The van der Waals surface area contributed by atoms with Crippen LogP contribution in [0, 0.1) is 17.8 Å². The summed E-state index contributed by atoms with van der Waals surface area (Å²) in [5.41, 5.74) is -0.125. The van der Waals surface area contributed by atoms with Crippen molar-refractivity contribution in [2.45, 2.75) is 63.7 Å². The number of nitrogens with one attached hydrogen (secondary N) is 1. The summed E-state index contributed by atoms with van der Waals surface area (Å²) in [6.45, 7) is 6.63. The fraction of sp³-hybridized carbons (Fsp3) is 0.947. The van der Waals surface area contributed by atoms with Gasteiger partial charge in [0.05, 0.1) is 31.0 Å². The second-order valence-corrected chi connectivity index (χ2v) is 8.57. The molecule has 0 aromatic heterocycles. The summed E-state index contributed by atoms with van der Waals surface area (Å²) in [4.78, 5) is 14.3. The molecule has 3 heterocycles. The maximum absolute atomic E-state index is 12.1. The van der Waals surface area contributed by atoms with Gasteiger partial charge in [0, 0.05) is 37.9 Å². The van der Waals surface area contributed by atoms with Crippen molar-refractivity contribution in [3.05, 3.63) is 0 Å². The van der Waals surface area contributed by atoms with Gasteiger partial charge in [-0.2, -0.15) is 0 Å². The molecule has 3 saturated heterocycles. The maximum Gasteiger partial charge on any atom is 0.220 e. The first-order chi connectivity index (χ1) is 12.0. The van der Waals surface area contributed by atoms with Crippen LogP contribution in [-0.4, -0.2) is 71.6 Å². The first kappa shape index (κ1) is 19.1. The minimum atomic E-state index is -0.200. The Kier molecular flexibility index (Phi) is 6.03. The van der Waals surface area contributed by atoms with E-state index in [-0.39, 0.29) is 36.9 Å². The van der Waals surface area contributed by atoms with E-state index in [1.54, 1.807) is 0 Å². The largest absolute Gasteiger partial charge is 0.395 e. The molecule has 6 nitrogen and oxygen atoms in total. The molecule has 0 saturated carbocycles. The van der Waals surface area contributed by atoms with Crippen molar-refractivity contribution < 1.29 is 19.7 Å². The molecule has 0 aliphatic carbocycles. The maximum atomic E-state index is 12.1. The monoisotopic (exact) mass is 354 g/mol. The summed E-state index contributed by atoms with van der Waals surface area (Å²) < 4.78 is 6.35. The number of hydrogen-bond donors (Lipinski definition) is 3. The Morgan fingerprint density at radius 1 is 1.36 bits per heavy atom. The van der Waals surface area contributed by atoms with Gasteiger partial charge in [0.25, 0.3) is 0 Å². The summed E-state index contributed by atoms with van der Waals surface area (Å²) in [6, 6.07) is -0.200. The zero-order valence-electron chi connectivity index (χ0n) is 15.6. The van der Waals surface area contributed by atoms with Crippen molar-refractivity contribution in [1.82, 2.24) is 10.2 Å². The Bertz CT molecular complexity index is 468. The number of likely N-dealkylation sites (tertiary alicyclic amines) is 1. The summed E-state index contributed by atoms with van der Waals surface area (Å²) in [7, 11) is 0. The molecule has 3 rings (SSSR count). The van der Waals surface area contributed by atoms with E-state index in [0.29, 0.717) is 30.7 Å². The van der Waals surface area contributed by atoms with E-state index in [2.05, 4.69) is 24.1 Å². The Hall–Kier alpha value is -0.690. The lowest BCUT2D eigenvalue weighted by atomic mass is 9.73. The van der Waals surface area contributed by atoms with E-state index in [0.717, 1.165) is 38.8 Å². The number of hydrogen-bond acceptors (Lipinski definition) is 5. The summed E-state index contributed by atoms with van der Waals surface area (Å²) >= 11 is 0. The van der Waals surface area contributed by atoms with E-state index >= 15 is 0 Å². The van der Waals surface area contributed by atoms with Crippen molar-refractivity contribution in [2.75, 3.05) is 32.8 Å². The molecule has 0 radical (unpaired) electrons. The summed E-state index contributed by atoms with van der Waals surface area (Å²) in [6.07, 6.45) is 5.01. The second-order valence-electron chi connectivity index (χ2n) is 8.57. The van der Waals surface area contributed by atoms with Crippen molar-refractivity contribution >= 4 is 5.91 Å². The van der Waals surface area contributed by atoms with Gasteiger partial charge >= 0.3 is 0 Å². The third-order valence-corrected chi connectivity index (χ3v) is 6.47. The third kappa shape index (κ3) is 3.87. The van der Waals surface area contributed by atoms with Gasteiger partial charge in [0.2, 0.25) is 5.91 Å². The van der Waals surface area contributed by atoms with E-state index in [9.17, 15) is 15.0 Å². The molecule has 6 heteroatoms. The highest BCUT2D eigenvalue weighted by atomic mass is 16.5. The van der Waals surface area contributed by atoms with Crippen LogP contribution in [-0.2, 0) is 9.53 Å². The van der Waals surface area contributed by atoms with Crippen molar-refractivity contribution in [2.24, 2.45) is 17.8 Å². The number of fused-ring (bicyclic) bond motifs is 1. The van der Waals surface area contributed by atoms with E-state index in [1.165, 1.54) is 0 Å². The highest BCUT2D eigenvalue weighted by Gasteiger charge is 2.63. The van der Waals surface area contributed by atoms with Gasteiger partial charge in [0.1, 0.15) is 0 Å². The van der Waals surface area contributed by atoms with E-state index in [1.807, 2.05) is 0 Å². The lowest BCUT2D eigenvalue weighted by molar-refractivity contribution is -0.121. The normalized spacial score (nSPS) is 34.2. The van der Waals surface area contributed by atoms with E-state index < -0.39 is 0 Å². The summed E-state index contributed by atoms with van der Waals surface area (Å²) in [5.74, 6) is 1.53. The predicted octanol–water partition coefficient (Wildman–Crippen LogP) is 0.762. The molecule has 144 valence electrons. The van der Waals surface area contributed by atoms with Crippen molar-refractivity contribution in [3.63, 3.8) is 0 Å². The van der Waals surface area contributed by atoms with Crippen molar-refractivity contribution in [1.29, 1.82) is 0 Å². The standard InChI is InChI=1S/C19H34N2O4/c1-13(2)4-3-5-18(24)20-8-15-16-9-21(14(10-22)11-23)12-19(16)7-6-17(15)25-19/h13-17,22-23H,3-12H2,1-2H3,(H,20,24)/t15-,16+,17+,19+/m0/s1. The second kappa shape index (κ2) is 7.91. The quantitative estimate of drug-likeness (QED) is 0.570. The zero-order chi connectivity index (χ0) is 18.0. The van der Waals surface area contributed by atoms with Crippen LogP contribution in [0.25, 0.3) is 0 Å². The van der Waals surface area contributed by atoms with Crippen LogP contribution in [0.3, 0.4) is 0 Å². The van der Waals surface area contributed by atoms with Gasteiger partial charge in [-0.15, -0.1) is 0 Å². The first-order valence-corrected chi connectivity index (χ1v) is 9.89. The van der Waals surface area contributed by atoms with Gasteiger partial charge < -0.3 is 20.3 Å². The Morgan fingerprint density at radius 3 is 2.80 bits per heavy atom. The molecule has 4 atom stereocenters. The smallest absolute Gasteiger partial charge is 0.220 e. The molecule has 3 fully saturated rings. The van der Waals surface area contributed by atoms with Gasteiger partial charge in [0.15, 0.2) is 0 Å². The molecular weight excluding hydrogens is 320 g/mol. The molecule has 1 spiro atoms. The predicted molar refractivity (Wildman–Crippen MR) is 95.0 cm³/mol. The third-order valence-electron chi connectivity index (χ3n) is 6.47. The number of ether oxygens (including phenoxy) is 1. The molecule has 25 heavy (non-hydrogen) atoms. The Labute approximate surface area is 150 Å².